The van der Waals surface area contributed by atoms with Crippen molar-refractivity contribution in [3.05, 3.63) is 23.3 Å². The molecule has 1 aromatic rings. The van der Waals surface area contributed by atoms with E-state index in [2.05, 4.69) is 13.8 Å². The van der Waals surface area contributed by atoms with Gasteiger partial charge in [-0.25, -0.2) is 0 Å². The Bertz CT molecular complexity index is 250. The summed E-state index contributed by atoms with van der Waals surface area (Å²) >= 11 is 0. The van der Waals surface area contributed by atoms with Gasteiger partial charge in [-0.1, -0.05) is 13.8 Å². The van der Waals surface area contributed by atoms with Crippen molar-refractivity contribution in [2.45, 2.75) is 26.7 Å². The molecule has 0 aliphatic rings. The molecular weight excluding hydrogens is 148 g/mol. The highest BCUT2D eigenvalue weighted by Crippen LogP contribution is 2.23. The highest BCUT2D eigenvalue weighted by atomic mass is 14.6. The Hall–Kier alpha value is -1.18. The molecule has 12 heavy (non-hydrogen) atoms. The topological polar surface area (TPSA) is 52.0 Å². The van der Waals surface area contributed by atoms with Gasteiger partial charge in [0.05, 0.1) is 0 Å². The predicted octanol–water partition coefficient (Wildman–Crippen LogP) is 1.98. The molecular formula is C10H16N2. The summed E-state index contributed by atoms with van der Waals surface area (Å²) in [5.41, 5.74) is 15.8. The third-order valence-electron chi connectivity index (χ3n) is 2.21. The minimum atomic E-state index is 0.864. The fourth-order valence-electron chi connectivity index (χ4n) is 1.56. The molecule has 4 N–H and O–H groups in total. The van der Waals surface area contributed by atoms with Gasteiger partial charge in [0, 0.05) is 11.4 Å². The molecule has 0 aromatic heterocycles. The molecule has 0 heterocycles. The fraction of sp³-hybridized carbons (Fsp3) is 0.400. The van der Waals surface area contributed by atoms with E-state index in [0.29, 0.717) is 0 Å². The van der Waals surface area contributed by atoms with Crippen molar-refractivity contribution in [1.29, 1.82) is 0 Å². The Labute approximate surface area is 73.6 Å². The molecule has 0 saturated heterocycles. The maximum Gasteiger partial charge on any atom is 0.0350 e. The summed E-state index contributed by atoms with van der Waals surface area (Å²) in [6.45, 7) is 4.20. The zero-order valence-corrected chi connectivity index (χ0v) is 7.72. The fourth-order valence-corrected chi connectivity index (χ4v) is 1.56. The number of hydrogen-bond donors (Lipinski definition) is 2. The smallest absolute Gasteiger partial charge is 0.0350 e. The Morgan fingerprint density at radius 1 is 0.917 bits per heavy atom. The van der Waals surface area contributed by atoms with Crippen LogP contribution in [0, 0.1) is 0 Å². The van der Waals surface area contributed by atoms with Gasteiger partial charge in [0.15, 0.2) is 0 Å². The van der Waals surface area contributed by atoms with Crippen molar-refractivity contribution in [1.82, 2.24) is 0 Å². The van der Waals surface area contributed by atoms with Gasteiger partial charge in [-0.2, -0.15) is 0 Å². The van der Waals surface area contributed by atoms with Gasteiger partial charge in [-0.05, 0) is 36.1 Å². The van der Waals surface area contributed by atoms with Crippen molar-refractivity contribution in [2.75, 3.05) is 11.5 Å². The summed E-state index contributed by atoms with van der Waals surface area (Å²) < 4.78 is 0. The number of hydrogen-bond acceptors (Lipinski definition) is 2. The molecule has 0 amide bonds. The number of nitrogen functional groups attached to an aromatic ring is 2. The molecule has 0 aliphatic carbocycles. The van der Waals surface area contributed by atoms with Crippen LogP contribution in [0.25, 0.3) is 0 Å². The van der Waals surface area contributed by atoms with Gasteiger partial charge in [-0.3, -0.25) is 0 Å². The highest BCUT2D eigenvalue weighted by molar-refractivity contribution is 5.61. The van der Waals surface area contributed by atoms with E-state index in [-0.39, 0.29) is 0 Å². The SMILES string of the molecule is CCc1c(N)ccc(N)c1CC. The molecule has 0 saturated carbocycles. The summed E-state index contributed by atoms with van der Waals surface area (Å²) in [6.07, 6.45) is 1.92. The molecule has 0 unspecified atom stereocenters. The Morgan fingerprint density at radius 3 is 1.50 bits per heavy atom. The third kappa shape index (κ3) is 1.37. The first-order valence-electron chi connectivity index (χ1n) is 4.36. The largest absolute Gasteiger partial charge is 0.398 e. The summed E-state index contributed by atoms with van der Waals surface area (Å²) in [5.74, 6) is 0. The van der Waals surface area contributed by atoms with E-state index < -0.39 is 0 Å². The van der Waals surface area contributed by atoms with Crippen LogP contribution in [-0.4, -0.2) is 0 Å². The van der Waals surface area contributed by atoms with E-state index in [4.69, 9.17) is 11.5 Å². The van der Waals surface area contributed by atoms with Crippen molar-refractivity contribution in [3.63, 3.8) is 0 Å². The monoisotopic (exact) mass is 164 g/mol. The van der Waals surface area contributed by atoms with Gasteiger partial charge < -0.3 is 11.5 Å². The van der Waals surface area contributed by atoms with Gasteiger partial charge in [0.2, 0.25) is 0 Å². The van der Waals surface area contributed by atoms with E-state index in [0.717, 1.165) is 24.2 Å². The second-order valence-corrected chi connectivity index (χ2v) is 2.91. The quantitative estimate of drug-likeness (QED) is 0.657. The molecule has 2 heteroatoms. The van der Waals surface area contributed by atoms with E-state index in [1.165, 1.54) is 11.1 Å². The summed E-state index contributed by atoms with van der Waals surface area (Å²) in [6, 6.07) is 3.76. The minimum absolute atomic E-state index is 0.864. The number of rotatable bonds is 2. The Kier molecular flexibility index (Phi) is 2.58. The van der Waals surface area contributed by atoms with Crippen LogP contribution in [0.15, 0.2) is 12.1 Å². The molecule has 0 fully saturated rings. The van der Waals surface area contributed by atoms with Crippen LogP contribution < -0.4 is 11.5 Å². The maximum atomic E-state index is 5.82. The van der Waals surface area contributed by atoms with Crippen LogP contribution in [0.4, 0.5) is 11.4 Å². The lowest BCUT2D eigenvalue weighted by molar-refractivity contribution is 1.04. The number of nitrogens with two attached hydrogens (primary N) is 2. The van der Waals surface area contributed by atoms with Crippen LogP contribution in [0.2, 0.25) is 0 Å². The molecule has 0 spiro atoms. The first-order chi connectivity index (χ1) is 5.70. The molecule has 0 radical (unpaired) electrons. The highest BCUT2D eigenvalue weighted by Gasteiger charge is 2.05. The van der Waals surface area contributed by atoms with Gasteiger partial charge >= 0.3 is 0 Å². The zero-order chi connectivity index (χ0) is 9.14. The zero-order valence-electron chi connectivity index (χ0n) is 7.72. The molecule has 1 aromatic carbocycles. The minimum Gasteiger partial charge on any atom is -0.398 e. The van der Waals surface area contributed by atoms with E-state index in [1.807, 2.05) is 12.1 Å². The molecule has 0 aliphatic heterocycles. The lowest BCUT2D eigenvalue weighted by Crippen LogP contribution is -2.02. The van der Waals surface area contributed by atoms with Crippen LogP contribution in [0.3, 0.4) is 0 Å². The van der Waals surface area contributed by atoms with Crippen LogP contribution in [-0.2, 0) is 12.8 Å². The molecule has 0 atom stereocenters. The first-order valence-corrected chi connectivity index (χ1v) is 4.36. The van der Waals surface area contributed by atoms with Gasteiger partial charge in [0.1, 0.15) is 0 Å². The van der Waals surface area contributed by atoms with Crippen LogP contribution in [0.1, 0.15) is 25.0 Å². The van der Waals surface area contributed by atoms with Crippen molar-refractivity contribution in [3.8, 4) is 0 Å². The Balaban J connectivity index is 3.28. The van der Waals surface area contributed by atoms with Gasteiger partial charge in [0.25, 0.3) is 0 Å². The predicted molar refractivity (Wildman–Crippen MR) is 54.0 cm³/mol. The Morgan fingerprint density at radius 2 is 1.25 bits per heavy atom. The average molecular weight is 164 g/mol. The van der Waals surface area contributed by atoms with E-state index in [1.54, 1.807) is 0 Å². The summed E-state index contributed by atoms with van der Waals surface area (Å²) in [4.78, 5) is 0. The lowest BCUT2D eigenvalue weighted by atomic mass is 9.99. The van der Waals surface area contributed by atoms with Crippen molar-refractivity contribution in [2.24, 2.45) is 0 Å². The lowest BCUT2D eigenvalue weighted by Gasteiger charge is -2.11. The molecule has 2 nitrogen and oxygen atoms in total. The van der Waals surface area contributed by atoms with Gasteiger partial charge in [-0.15, -0.1) is 0 Å². The third-order valence-corrected chi connectivity index (χ3v) is 2.21. The second kappa shape index (κ2) is 3.48. The molecule has 0 bridgehead atoms. The van der Waals surface area contributed by atoms with E-state index >= 15 is 0 Å². The van der Waals surface area contributed by atoms with Crippen molar-refractivity contribution < 1.29 is 0 Å². The number of benzene rings is 1. The standard InChI is InChI=1S/C10H16N2/c1-3-7-8(4-2)10(12)6-5-9(7)11/h5-6H,3-4,11-12H2,1-2H3. The van der Waals surface area contributed by atoms with E-state index in [9.17, 15) is 0 Å². The van der Waals surface area contributed by atoms with Crippen LogP contribution in [0.5, 0.6) is 0 Å². The van der Waals surface area contributed by atoms with Crippen molar-refractivity contribution >= 4 is 11.4 Å². The number of anilines is 2. The average Bonchev–Trinajstić information content (AvgIpc) is 2.08. The summed E-state index contributed by atoms with van der Waals surface area (Å²) in [7, 11) is 0. The summed E-state index contributed by atoms with van der Waals surface area (Å²) in [5, 5.41) is 0. The van der Waals surface area contributed by atoms with Crippen LogP contribution >= 0.6 is 0 Å². The maximum absolute atomic E-state index is 5.82. The molecule has 66 valence electrons. The normalized spacial score (nSPS) is 10.2. The first kappa shape index (κ1) is 8.91. The molecule has 1 rings (SSSR count). The second-order valence-electron chi connectivity index (χ2n) is 2.91.